The molecular weight excluding hydrogens is 239 g/mol. The third kappa shape index (κ3) is 2.04. The predicted molar refractivity (Wildman–Crippen MR) is 89.0 cm³/mol. The Balaban J connectivity index is 2.33. The monoisotopic (exact) mass is 256 g/mol. The maximum atomic E-state index is 6.43. The van der Waals surface area contributed by atoms with E-state index in [1.807, 2.05) is 12.1 Å². The van der Waals surface area contributed by atoms with E-state index >= 15 is 0 Å². The molecule has 3 rings (SSSR count). The van der Waals surface area contributed by atoms with Crippen LogP contribution in [0.2, 0.25) is 0 Å². The lowest BCUT2D eigenvalue weighted by atomic mass is 9.80. The van der Waals surface area contributed by atoms with Gasteiger partial charge in [0.05, 0.1) is 0 Å². The molecule has 0 N–H and O–H groups in total. The van der Waals surface area contributed by atoms with Gasteiger partial charge in [-0.15, -0.1) is 0 Å². The van der Waals surface area contributed by atoms with Gasteiger partial charge in [-0.25, -0.2) is 0 Å². The summed E-state index contributed by atoms with van der Waals surface area (Å²) >= 11 is 0. The molecule has 0 heterocycles. The van der Waals surface area contributed by atoms with Gasteiger partial charge in [-0.3, -0.25) is 0 Å². The minimum absolute atomic E-state index is 0.873. The molecule has 0 aliphatic heterocycles. The van der Waals surface area contributed by atoms with Gasteiger partial charge in [0.1, 0.15) is 7.85 Å². The summed E-state index contributed by atoms with van der Waals surface area (Å²) in [6.45, 7) is 6.45. The number of aryl methyl sites for hydroxylation is 3. The quantitative estimate of drug-likeness (QED) is 0.572. The summed E-state index contributed by atoms with van der Waals surface area (Å²) in [5.41, 5.74) is 7.13. The van der Waals surface area contributed by atoms with Crippen molar-refractivity contribution in [1.82, 2.24) is 0 Å². The number of hydrogen-bond donors (Lipinski definition) is 0. The van der Waals surface area contributed by atoms with E-state index in [1.54, 1.807) is 0 Å². The molecule has 0 aliphatic carbocycles. The van der Waals surface area contributed by atoms with E-state index in [9.17, 15) is 0 Å². The Bertz CT molecular complexity index is 777. The van der Waals surface area contributed by atoms with Gasteiger partial charge >= 0.3 is 0 Å². The van der Waals surface area contributed by atoms with E-state index in [2.05, 4.69) is 57.2 Å². The van der Waals surface area contributed by atoms with Crippen LogP contribution in [0.4, 0.5) is 0 Å². The molecule has 0 spiro atoms. The van der Waals surface area contributed by atoms with Gasteiger partial charge in [0.25, 0.3) is 0 Å². The van der Waals surface area contributed by atoms with Crippen LogP contribution in [-0.2, 0) is 0 Å². The molecule has 96 valence electrons. The average molecular weight is 256 g/mol. The summed E-state index contributed by atoms with van der Waals surface area (Å²) < 4.78 is 0. The predicted octanol–water partition coefficient (Wildman–Crippen LogP) is 4.23. The van der Waals surface area contributed by atoms with Gasteiger partial charge in [-0.2, -0.15) is 0 Å². The molecule has 1 heteroatoms. The fourth-order valence-corrected chi connectivity index (χ4v) is 3.12. The molecule has 0 atom stereocenters. The molecule has 0 aliphatic rings. The van der Waals surface area contributed by atoms with Crippen LogP contribution in [0.25, 0.3) is 21.9 Å². The summed E-state index contributed by atoms with van der Waals surface area (Å²) in [6.07, 6.45) is 0. The van der Waals surface area contributed by atoms with E-state index < -0.39 is 0 Å². The fourth-order valence-electron chi connectivity index (χ4n) is 3.12. The summed E-state index contributed by atoms with van der Waals surface area (Å²) in [5, 5.41) is 2.32. The van der Waals surface area contributed by atoms with Crippen LogP contribution in [0, 0.1) is 20.8 Å². The number of rotatable bonds is 1. The Kier molecular flexibility index (Phi) is 3.14. The highest BCUT2D eigenvalue weighted by atomic mass is 14.1. The Morgan fingerprint density at radius 2 is 1.45 bits per heavy atom. The second-order valence-electron chi connectivity index (χ2n) is 5.52. The van der Waals surface area contributed by atoms with Crippen LogP contribution >= 0.6 is 0 Å². The van der Waals surface area contributed by atoms with Crippen LogP contribution in [0.15, 0.2) is 48.5 Å². The Morgan fingerprint density at radius 3 is 2.15 bits per heavy atom. The smallest absolute Gasteiger partial charge is 0.0813 e. The molecule has 0 nitrogen and oxygen atoms in total. The second kappa shape index (κ2) is 4.83. The van der Waals surface area contributed by atoms with Crippen LogP contribution in [0.3, 0.4) is 0 Å². The van der Waals surface area contributed by atoms with Crippen molar-refractivity contribution in [2.24, 2.45) is 0 Å². The molecule has 0 unspecified atom stereocenters. The zero-order valence-electron chi connectivity index (χ0n) is 12.2. The third-order valence-electron chi connectivity index (χ3n) is 3.92. The van der Waals surface area contributed by atoms with Gasteiger partial charge in [0.15, 0.2) is 0 Å². The molecule has 0 aromatic heterocycles. The normalized spacial score (nSPS) is 10.9. The van der Waals surface area contributed by atoms with Crippen molar-refractivity contribution in [2.75, 3.05) is 0 Å². The van der Waals surface area contributed by atoms with Crippen molar-refractivity contribution in [3.8, 4) is 11.1 Å². The number of benzene rings is 3. The minimum atomic E-state index is 0.873. The van der Waals surface area contributed by atoms with Crippen molar-refractivity contribution in [3.63, 3.8) is 0 Å². The van der Waals surface area contributed by atoms with Crippen LogP contribution in [0.1, 0.15) is 16.7 Å². The topological polar surface area (TPSA) is 0 Å². The largest absolute Gasteiger partial charge is 0.115 e. The Labute approximate surface area is 121 Å². The van der Waals surface area contributed by atoms with Crippen molar-refractivity contribution >= 4 is 24.1 Å². The first-order valence-electron chi connectivity index (χ1n) is 6.93. The minimum Gasteiger partial charge on any atom is -0.0813 e. The fraction of sp³-hybridized carbons (Fsp3) is 0.158. The van der Waals surface area contributed by atoms with Crippen molar-refractivity contribution in [1.29, 1.82) is 0 Å². The SMILES string of the molecule is [B]c1c(-c2c(C)cc(C)cc2C)ccc2ccccc12. The first-order chi connectivity index (χ1) is 9.58. The molecule has 0 fully saturated rings. The van der Waals surface area contributed by atoms with E-state index in [0.29, 0.717) is 0 Å². The number of fused-ring (bicyclic) bond motifs is 1. The zero-order valence-corrected chi connectivity index (χ0v) is 12.2. The highest BCUT2D eigenvalue weighted by Crippen LogP contribution is 2.29. The van der Waals surface area contributed by atoms with Crippen LogP contribution in [-0.4, -0.2) is 7.85 Å². The van der Waals surface area contributed by atoms with E-state index in [-0.39, 0.29) is 0 Å². The lowest BCUT2D eigenvalue weighted by molar-refractivity contribution is 1.32. The molecule has 0 saturated carbocycles. The maximum absolute atomic E-state index is 6.43. The molecule has 0 bridgehead atoms. The van der Waals surface area contributed by atoms with Gasteiger partial charge in [0.2, 0.25) is 0 Å². The van der Waals surface area contributed by atoms with Crippen LogP contribution < -0.4 is 5.46 Å². The zero-order chi connectivity index (χ0) is 14.3. The third-order valence-corrected chi connectivity index (χ3v) is 3.92. The summed E-state index contributed by atoms with van der Waals surface area (Å²) in [6, 6.07) is 17.0. The molecule has 0 saturated heterocycles. The van der Waals surface area contributed by atoms with Gasteiger partial charge in [0, 0.05) is 0 Å². The van der Waals surface area contributed by atoms with Crippen molar-refractivity contribution in [2.45, 2.75) is 20.8 Å². The molecule has 20 heavy (non-hydrogen) atoms. The van der Waals surface area contributed by atoms with E-state index in [4.69, 9.17) is 7.85 Å². The molecule has 0 amide bonds. The molecule has 3 aromatic rings. The molecule has 3 aromatic carbocycles. The van der Waals surface area contributed by atoms with Crippen LogP contribution in [0.5, 0.6) is 0 Å². The molecular formula is C19H17B. The highest BCUT2D eigenvalue weighted by Gasteiger charge is 2.10. The van der Waals surface area contributed by atoms with Gasteiger partial charge < -0.3 is 0 Å². The standard InChI is InChI=1S/C19H17B/c1-12-10-13(2)18(14(3)11-12)17-9-8-15-6-4-5-7-16(15)19(17)20/h4-11H,1-3H3. The second-order valence-corrected chi connectivity index (χ2v) is 5.52. The average Bonchev–Trinajstić information content (AvgIpc) is 2.40. The molecule has 2 radical (unpaired) electrons. The van der Waals surface area contributed by atoms with Gasteiger partial charge in [-0.05, 0) is 53.8 Å². The number of hydrogen-bond acceptors (Lipinski definition) is 0. The lowest BCUT2D eigenvalue weighted by Gasteiger charge is -2.16. The van der Waals surface area contributed by atoms with E-state index in [1.165, 1.54) is 27.6 Å². The highest BCUT2D eigenvalue weighted by molar-refractivity contribution is 6.42. The van der Waals surface area contributed by atoms with Crippen molar-refractivity contribution in [3.05, 3.63) is 65.2 Å². The summed E-state index contributed by atoms with van der Waals surface area (Å²) in [7, 11) is 6.43. The first-order valence-corrected chi connectivity index (χ1v) is 6.93. The maximum Gasteiger partial charge on any atom is 0.115 e. The van der Waals surface area contributed by atoms with Gasteiger partial charge in [-0.1, -0.05) is 59.6 Å². The summed E-state index contributed by atoms with van der Waals surface area (Å²) in [4.78, 5) is 0. The lowest BCUT2D eigenvalue weighted by Crippen LogP contribution is -2.09. The first kappa shape index (κ1) is 13.0. The van der Waals surface area contributed by atoms with E-state index in [0.717, 1.165) is 16.4 Å². The Hall–Kier alpha value is -2.02. The summed E-state index contributed by atoms with van der Waals surface area (Å²) in [5.74, 6) is 0. The van der Waals surface area contributed by atoms with Crippen molar-refractivity contribution < 1.29 is 0 Å². The Morgan fingerprint density at radius 1 is 0.800 bits per heavy atom.